The number of carbonyl (C=O) groups excluding carboxylic acids is 3. The van der Waals surface area contributed by atoms with E-state index >= 15 is 0 Å². The minimum Gasteiger partial charge on any atom is -0.369 e. The molecule has 3 aliphatic heterocycles. The number of nitrogens with zero attached hydrogens (tertiary/aromatic N) is 5. The molecule has 2 aromatic heterocycles. The molecule has 10 heteroatoms. The van der Waals surface area contributed by atoms with Gasteiger partial charge < -0.3 is 14.2 Å². The number of piperidine rings is 1. The first kappa shape index (κ1) is 21.7. The van der Waals surface area contributed by atoms with Gasteiger partial charge in [-0.15, -0.1) is 0 Å². The molecule has 35 heavy (non-hydrogen) atoms. The van der Waals surface area contributed by atoms with E-state index in [1.807, 2.05) is 29.1 Å². The van der Waals surface area contributed by atoms with Crippen LogP contribution in [-0.2, 0) is 22.7 Å². The number of aromatic nitrogens is 2. The molecule has 6 rings (SSSR count). The number of pyridine rings is 1. The maximum absolute atomic E-state index is 14.6. The van der Waals surface area contributed by atoms with Crippen LogP contribution in [0.15, 0.2) is 42.9 Å². The summed E-state index contributed by atoms with van der Waals surface area (Å²) in [4.78, 5) is 47.5. The fourth-order valence-corrected chi connectivity index (χ4v) is 5.37. The van der Waals surface area contributed by atoms with Gasteiger partial charge in [0.1, 0.15) is 11.9 Å². The molecule has 1 unspecified atom stereocenters. The molecule has 3 aliphatic rings. The number of hydrogen-bond acceptors (Lipinski definition) is 6. The summed E-state index contributed by atoms with van der Waals surface area (Å²) in [6.07, 6.45) is 4.27. The third-order valence-electron chi connectivity index (χ3n) is 7.21. The molecule has 0 spiro atoms. The number of benzene rings is 1. The predicted molar refractivity (Wildman–Crippen MR) is 125 cm³/mol. The molecule has 0 aliphatic carbocycles. The van der Waals surface area contributed by atoms with Crippen molar-refractivity contribution in [2.75, 3.05) is 31.1 Å². The van der Waals surface area contributed by atoms with Gasteiger partial charge >= 0.3 is 0 Å². The summed E-state index contributed by atoms with van der Waals surface area (Å²) >= 11 is 0. The predicted octanol–water partition coefficient (Wildman–Crippen LogP) is 1.56. The highest BCUT2D eigenvalue weighted by Gasteiger charge is 2.41. The fraction of sp³-hybridized carbons (Fsp3) is 0.360. The topological polar surface area (TPSA) is 90.3 Å². The molecule has 0 saturated carbocycles. The van der Waals surface area contributed by atoms with Crippen molar-refractivity contribution in [2.24, 2.45) is 0 Å². The molecule has 5 heterocycles. The van der Waals surface area contributed by atoms with Gasteiger partial charge in [-0.05, 0) is 30.7 Å². The van der Waals surface area contributed by atoms with Crippen LogP contribution < -0.4 is 10.2 Å². The molecule has 0 radical (unpaired) electrons. The minimum absolute atomic E-state index is 0.186. The van der Waals surface area contributed by atoms with Crippen LogP contribution in [0.5, 0.6) is 0 Å². The average molecular weight is 477 g/mol. The number of fused-ring (bicyclic) bond motifs is 2. The van der Waals surface area contributed by atoms with E-state index < -0.39 is 17.8 Å². The van der Waals surface area contributed by atoms with E-state index in [9.17, 15) is 18.8 Å². The first-order valence-corrected chi connectivity index (χ1v) is 11.8. The quantitative estimate of drug-likeness (QED) is 0.575. The van der Waals surface area contributed by atoms with Crippen LogP contribution in [0, 0.1) is 5.82 Å². The van der Waals surface area contributed by atoms with Crippen LogP contribution in [0.2, 0.25) is 0 Å². The van der Waals surface area contributed by atoms with Crippen LogP contribution >= 0.6 is 0 Å². The zero-order chi connectivity index (χ0) is 24.1. The van der Waals surface area contributed by atoms with Crippen LogP contribution in [0.1, 0.15) is 34.5 Å². The molecule has 9 nitrogen and oxygen atoms in total. The van der Waals surface area contributed by atoms with Crippen molar-refractivity contribution in [3.8, 4) is 0 Å². The summed E-state index contributed by atoms with van der Waals surface area (Å²) in [5, 5.41) is 2.31. The van der Waals surface area contributed by atoms with E-state index in [1.165, 1.54) is 17.0 Å². The van der Waals surface area contributed by atoms with Crippen LogP contribution in [-0.4, -0.2) is 69.1 Å². The first-order valence-electron chi connectivity index (χ1n) is 11.8. The van der Waals surface area contributed by atoms with Crippen LogP contribution in [0.25, 0.3) is 5.52 Å². The van der Waals surface area contributed by atoms with E-state index in [4.69, 9.17) is 0 Å². The monoisotopic (exact) mass is 476 g/mol. The van der Waals surface area contributed by atoms with Gasteiger partial charge in [0.05, 0.1) is 17.5 Å². The maximum Gasteiger partial charge on any atom is 0.255 e. The lowest BCUT2D eigenvalue weighted by Crippen LogP contribution is -2.52. The van der Waals surface area contributed by atoms with E-state index in [0.717, 1.165) is 36.4 Å². The summed E-state index contributed by atoms with van der Waals surface area (Å²) in [6, 6.07) is 8.06. The third-order valence-corrected chi connectivity index (χ3v) is 7.21. The van der Waals surface area contributed by atoms with E-state index in [0.29, 0.717) is 24.3 Å². The Kier molecular flexibility index (Phi) is 5.25. The standard InChI is InChI=1S/C25H25FN6O3/c26-16-11-17-18(13-32(25(17)35)21-4-5-23(33)28-24(21)34)22(12-16)30-9-7-29(8-10-30)14-19-20-3-1-2-6-31(20)15-27-19/h1-3,6,11-12,15,21H,4-5,7-10,13-14H2,(H,28,33,34). The van der Waals surface area contributed by atoms with Gasteiger partial charge in [-0.25, -0.2) is 9.37 Å². The summed E-state index contributed by atoms with van der Waals surface area (Å²) in [5.41, 5.74) is 3.86. The molecule has 2 saturated heterocycles. The van der Waals surface area contributed by atoms with Gasteiger partial charge in [0.15, 0.2) is 0 Å². The van der Waals surface area contributed by atoms with Crippen molar-refractivity contribution in [1.82, 2.24) is 24.5 Å². The molecular weight excluding hydrogens is 451 g/mol. The molecule has 0 bridgehead atoms. The zero-order valence-electron chi connectivity index (χ0n) is 19.1. The SMILES string of the molecule is O=C1CCC(N2Cc3c(cc(F)cc3N3CCN(Cc4ncn5ccccc45)CC3)C2=O)C(=O)N1. The Bertz CT molecular complexity index is 1350. The van der Waals surface area contributed by atoms with Crippen LogP contribution in [0.4, 0.5) is 10.1 Å². The summed E-state index contributed by atoms with van der Waals surface area (Å²) in [5.74, 6) is -1.63. The van der Waals surface area contributed by atoms with Crippen molar-refractivity contribution in [2.45, 2.75) is 32.0 Å². The molecule has 1 atom stereocenters. The number of amides is 3. The van der Waals surface area contributed by atoms with Crippen molar-refractivity contribution in [3.05, 3.63) is 65.5 Å². The lowest BCUT2D eigenvalue weighted by atomic mass is 10.0. The Hall–Kier alpha value is -3.79. The molecule has 1 aromatic carbocycles. The van der Waals surface area contributed by atoms with Crippen molar-refractivity contribution in [3.63, 3.8) is 0 Å². The molecule has 180 valence electrons. The lowest BCUT2D eigenvalue weighted by molar-refractivity contribution is -0.136. The summed E-state index contributed by atoms with van der Waals surface area (Å²) < 4.78 is 16.6. The Morgan fingerprint density at radius 1 is 1.09 bits per heavy atom. The Morgan fingerprint density at radius 3 is 2.71 bits per heavy atom. The number of imidazole rings is 1. The first-order chi connectivity index (χ1) is 17.0. The Balaban J connectivity index is 1.18. The van der Waals surface area contributed by atoms with E-state index in [1.54, 1.807) is 0 Å². The second-order valence-electron chi connectivity index (χ2n) is 9.30. The van der Waals surface area contributed by atoms with E-state index in [-0.39, 0.29) is 31.2 Å². The van der Waals surface area contributed by atoms with Crippen LogP contribution in [0.3, 0.4) is 0 Å². The number of rotatable bonds is 4. The Morgan fingerprint density at radius 2 is 1.91 bits per heavy atom. The van der Waals surface area contributed by atoms with Gasteiger partial charge in [0.2, 0.25) is 11.8 Å². The molecular formula is C25H25FN6O3. The third kappa shape index (κ3) is 3.83. The number of halogens is 1. The average Bonchev–Trinajstić information content (AvgIpc) is 3.40. The maximum atomic E-state index is 14.6. The highest BCUT2D eigenvalue weighted by atomic mass is 19.1. The van der Waals surface area contributed by atoms with Gasteiger partial charge in [-0.1, -0.05) is 6.07 Å². The summed E-state index contributed by atoms with van der Waals surface area (Å²) in [6.45, 7) is 3.90. The largest absolute Gasteiger partial charge is 0.369 e. The smallest absolute Gasteiger partial charge is 0.255 e. The number of carbonyl (C=O) groups is 3. The second kappa shape index (κ2) is 8.46. The van der Waals surface area contributed by atoms with Gasteiger partial charge in [-0.3, -0.25) is 24.6 Å². The van der Waals surface area contributed by atoms with E-state index in [2.05, 4.69) is 26.2 Å². The molecule has 3 aromatic rings. The number of anilines is 1. The number of imide groups is 1. The molecule has 3 amide bonds. The van der Waals surface area contributed by atoms with Gasteiger partial charge in [0, 0.05) is 68.7 Å². The minimum atomic E-state index is -0.718. The summed E-state index contributed by atoms with van der Waals surface area (Å²) in [7, 11) is 0. The number of piperazine rings is 1. The normalized spacial score (nSPS) is 21.1. The number of hydrogen-bond donors (Lipinski definition) is 1. The number of nitrogens with one attached hydrogen (secondary N) is 1. The molecule has 1 N–H and O–H groups in total. The van der Waals surface area contributed by atoms with Crippen molar-refractivity contribution >= 4 is 28.9 Å². The zero-order valence-corrected chi connectivity index (χ0v) is 19.1. The van der Waals surface area contributed by atoms with Gasteiger partial charge in [0.25, 0.3) is 5.91 Å². The molecule has 2 fully saturated rings. The fourth-order valence-electron chi connectivity index (χ4n) is 5.37. The Labute approximate surface area is 201 Å². The van der Waals surface area contributed by atoms with Crippen molar-refractivity contribution < 1.29 is 18.8 Å². The lowest BCUT2D eigenvalue weighted by Gasteiger charge is -2.36. The van der Waals surface area contributed by atoms with Crippen molar-refractivity contribution in [1.29, 1.82) is 0 Å². The van der Waals surface area contributed by atoms with Gasteiger partial charge in [-0.2, -0.15) is 0 Å². The second-order valence-corrected chi connectivity index (χ2v) is 9.30. The highest BCUT2D eigenvalue weighted by Crippen LogP contribution is 2.35. The highest BCUT2D eigenvalue weighted by molar-refractivity contribution is 6.06.